The molecule has 1 saturated heterocycles. The van der Waals surface area contributed by atoms with E-state index in [1.807, 2.05) is 4.90 Å². The third kappa shape index (κ3) is 4.00. The highest BCUT2D eigenvalue weighted by atomic mass is 35.5. The number of nitrogens with one attached hydrogen (secondary N) is 1. The van der Waals surface area contributed by atoms with E-state index in [1.54, 1.807) is 36.4 Å². The first kappa shape index (κ1) is 17.9. The Morgan fingerprint density at radius 3 is 2.65 bits per heavy atom. The molecule has 0 aliphatic carbocycles. The first-order valence-corrected chi connectivity index (χ1v) is 8.55. The molecule has 8 heteroatoms. The van der Waals surface area contributed by atoms with Crippen molar-refractivity contribution < 1.29 is 9.72 Å². The second-order valence-corrected chi connectivity index (χ2v) is 6.29. The Morgan fingerprint density at radius 2 is 1.96 bits per heavy atom. The van der Waals surface area contributed by atoms with Gasteiger partial charge in [-0.25, -0.2) is 5.43 Å². The quantitative estimate of drug-likeness (QED) is 0.493. The number of amides is 1. The first-order valence-electron chi connectivity index (χ1n) is 8.17. The lowest BCUT2D eigenvalue weighted by Crippen LogP contribution is -2.19. The lowest BCUT2D eigenvalue weighted by atomic mass is 10.1. The number of carbonyl (C=O) groups excluding carboxylic acids is 1. The van der Waals surface area contributed by atoms with E-state index in [0.717, 1.165) is 25.9 Å². The van der Waals surface area contributed by atoms with Crippen molar-refractivity contribution >= 4 is 35.1 Å². The highest BCUT2D eigenvalue weighted by Gasteiger charge is 2.22. The zero-order chi connectivity index (χ0) is 18.5. The van der Waals surface area contributed by atoms with E-state index in [2.05, 4.69) is 10.5 Å². The normalized spacial score (nSPS) is 14.0. The van der Waals surface area contributed by atoms with Gasteiger partial charge in [-0.3, -0.25) is 14.9 Å². The molecule has 0 unspecified atom stereocenters. The van der Waals surface area contributed by atoms with E-state index in [1.165, 1.54) is 12.3 Å². The topological polar surface area (TPSA) is 87.8 Å². The molecule has 0 bridgehead atoms. The molecule has 0 aromatic heterocycles. The molecule has 1 fully saturated rings. The van der Waals surface area contributed by atoms with Gasteiger partial charge in [0.1, 0.15) is 5.69 Å². The number of anilines is 1. The number of rotatable bonds is 5. The number of halogens is 1. The second-order valence-electron chi connectivity index (χ2n) is 5.88. The Bertz CT molecular complexity index is 863. The number of nitrogens with zero attached hydrogens (tertiary/aromatic N) is 3. The molecular formula is C18H17ClN4O3. The Labute approximate surface area is 155 Å². The number of nitro groups is 1. The molecule has 7 nitrogen and oxygen atoms in total. The standard InChI is InChI=1S/C18H17ClN4O3/c19-15-6-2-1-5-14(15)18(24)21-20-12-13-7-8-16(17(11-13)23(25)26)22-9-3-4-10-22/h1-2,5-8,11-12H,3-4,9-10H2,(H,21,24)/b20-12-. The highest BCUT2D eigenvalue weighted by Crippen LogP contribution is 2.31. The van der Waals surface area contributed by atoms with Gasteiger partial charge in [-0.15, -0.1) is 0 Å². The average molecular weight is 373 g/mol. The molecule has 1 heterocycles. The van der Waals surface area contributed by atoms with Crippen LogP contribution in [0.2, 0.25) is 5.02 Å². The Kier molecular flexibility index (Phi) is 5.48. The van der Waals surface area contributed by atoms with Crippen molar-refractivity contribution in [1.82, 2.24) is 5.43 Å². The summed E-state index contributed by atoms with van der Waals surface area (Å²) in [6.07, 6.45) is 3.44. The van der Waals surface area contributed by atoms with Crippen LogP contribution in [0.3, 0.4) is 0 Å². The molecule has 26 heavy (non-hydrogen) atoms. The fourth-order valence-electron chi connectivity index (χ4n) is 2.86. The van der Waals surface area contributed by atoms with E-state index in [-0.39, 0.29) is 5.69 Å². The summed E-state index contributed by atoms with van der Waals surface area (Å²) in [5.41, 5.74) is 3.86. The van der Waals surface area contributed by atoms with Gasteiger partial charge in [-0.1, -0.05) is 29.8 Å². The van der Waals surface area contributed by atoms with E-state index in [0.29, 0.717) is 21.8 Å². The molecule has 2 aromatic rings. The number of benzene rings is 2. The summed E-state index contributed by atoms with van der Waals surface area (Å²) in [6, 6.07) is 11.5. The monoisotopic (exact) mass is 372 g/mol. The molecule has 0 saturated carbocycles. The van der Waals surface area contributed by atoms with Gasteiger partial charge in [0.2, 0.25) is 0 Å². The Morgan fingerprint density at radius 1 is 1.23 bits per heavy atom. The first-order chi connectivity index (χ1) is 12.6. The van der Waals surface area contributed by atoms with Crippen molar-refractivity contribution in [2.45, 2.75) is 12.8 Å². The number of nitro benzene ring substituents is 1. The number of hydrazone groups is 1. The van der Waals surface area contributed by atoms with Gasteiger partial charge in [-0.2, -0.15) is 5.10 Å². The van der Waals surface area contributed by atoms with E-state index >= 15 is 0 Å². The molecule has 2 aromatic carbocycles. The van der Waals surface area contributed by atoms with Gasteiger partial charge in [-0.05, 0) is 31.0 Å². The van der Waals surface area contributed by atoms with Crippen molar-refractivity contribution in [3.05, 3.63) is 68.7 Å². The molecule has 0 spiro atoms. The van der Waals surface area contributed by atoms with Crippen molar-refractivity contribution in [3.8, 4) is 0 Å². The number of carbonyl (C=O) groups is 1. The maximum Gasteiger partial charge on any atom is 0.293 e. The average Bonchev–Trinajstić information content (AvgIpc) is 3.16. The van der Waals surface area contributed by atoms with Gasteiger partial charge >= 0.3 is 0 Å². The van der Waals surface area contributed by atoms with Gasteiger partial charge in [0.15, 0.2) is 0 Å². The molecule has 1 N–H and O–H groups in total. The van der Waals surface area contributed by atoms with Gasteiger partial charge < -0.3 is 4.90 Å². The molecular weight excluding hydrogens is 356 g/mol. The van der Waals surface area contributed by atoms with Crippen LogP contribution in [-0.4, -0.2) is 30.1 Å². The number of hydrogen-bond acceptors (Lipinski definition) is 5. The van der Waals surface area contributed by atoms with Crippen LogP contribution >= 0.6 is 11.6 Å². The van der Waals surface area contributed by atoms with Gasteiger partial charge in [0.05, 0.1) is 21.7 Å². The molecule has 1 amide bonds. The maximum absolute atomic E-state index is 12.0. The smallest absolute Gasteiger partial charge is 0.293 e. The molecule has 3 rings (SSSR count). The summed E-state index contributed by atoms with van der Waals surface area (Å²) < 4.78 is 0. The SMILES string of the molecule is O=C(N/N=C\c1ccc(N2CCCC2)c([N+](=O)[O-])c1)c1ccccc1Cl. The van der Waals surface area contributed by atoms with Gasteiger partial charge in [0, 0.05) is 24.7 Å². The predicted molar refractivity (Wildman–Crippen MR) is 101 cm³/mol. The van der Waals surface area contributed by atoms with E-state index in [9.17, 15) is 14.9 Å². The molecule has 0 atom stereocenters. The van der Waals surface area contributed by atoms with Crippen molar-refractivity contribution in [2.24, 2.45) is 5.10 Å². The fourth-order valence-corrected chi connectivity index (χ4v) is 3.09. The minimum absolute atomic E-state index is 0.0354. The van der Waals surface area contributed by atoms with Crippen LogP contribution < -0.4 is 10.3 Å². The van der Waals surface area contributed by atoms with Crippen LogP contribution in [0, 0.1) is 10.1 Å². The predicted octanol–water partition coefficient (Wildman–Crippen LogP) is 3.61. The van der Waals surface area contributed by atoms with E-state index in [4.69, 9.17) is 11.6 Å². The van der Waals surface area contributed by atoms with Crippen LogP contribution in [0.5, 0.6) is 0 Å². The minimum atomic E-state index is -0.449. The highest BCUT2D eigenvalue weighted by molar-refractivity contribution is 6.33. The van der Waals surface area contributed by atoms with Crippen LogP contribution in [0.25, 0.3) is 0 Å². The largest absolute Gasteiger partial charge is 0.366 e. The van der Waals surface area contributed by atoms with Crippen LogP contribution in [-0.2, 0) is 0 Å². The van der Waals surface area contributed by atoms with Crippen molar-refractivity contribution in [3.63, 3.8) is 0 Å². The summed E-state index contributed by atoms with van der Waals surface area (Å²) in [7, 11) is 0. The maximum atomic E-state index is 12.0. The Hall–Kier alpha value is -2.93. The summed E-state index contributed by atoms with van der Waals surface area (Å²) in [5, 5.41) is 15.6. The zero-order valence-corrected chi connectivity index (χ0v) is 14.6. The minimum Gasteiger partial charge on any atom is -0.366 e. The fraction of sp³-hybridized carbons (Fsp3) is 0.222. The lowest BCUT2D eigenvalue weighted by molar-refractivity contribution is -0.384. The van der Waals surface area contributed by atoms with Crippen LogP contribution in [0.4, 0.5) is 11.4 Å². The molecule has 1 aliphatic rings. The van der Waals surface area contributed by atoms with Crippen LogP contribution in [0.15, 0.2) is 47.6 Å². The molecule has 1 aliphatic heterocycles. The summed E-state index contributed by atoms with van der Waals surface area (Å²) in [4.78, 5) is 25.0. The number of hydrogen-bond donors (Lipinski definition) is 1. The second kappa shape index (κ2) is 7.97. The zero-order valence-electron chi connectivity index (χ0n) is 13.9. The summed E-state index contributed by atoms with van der Waals surface area (Å²) in [6.45, 7) is 1.64. The van der Waals surface area contributed by atoms with Crippen LogP contribution in [0.1, 0.15) is 28.8 Å². The Balaban J connectivity index is 1.74. The molecule has 0 radical (unpaired) electrons. The summed E-state index contributed by atoms with van der Waals surface area (Å²) >= 11 is 5.96. The van der Waals surface area contributed by atoms with Crippen molar-refractivity contribution in [2.75, 3.05) is 18.0 Å². The third-order valence-electron chi connectivity index (χ3n) is 4.14. The summed E-state index contributed by atoms with van der Waals surface area (Å²) in [5.74, 6) is -0.449. The third-order valence-corrected chi connectivity index (χ3v) is 4.47. The lowest BCUT2D eigenvalue weighted by Gasteiger charge is -2.17. The van der Waals surface area contributed by atoms with Gasteiger partial charge in [0.25, 0.3) is 11.6 Å². The molecule has 134 valence electrons. The van der Waals surface area contributed by atoms with Crippen molar-refractivity contribution in [1.29, 1.82) is 0 Å². The van der Waals surface area contributed by atoms with E-state index < -0.39 is 10.8 Å².